The number of nitrogens with two attached hydrogens (primary N) is 1. The van der Waals surface area contributed by atoms with E-state index in [1.807, 2.05) is 0 Å². The average Bonchev–Trinajstić information content (AvgIpc) is 2.03. The number of halogens is 5. The summed E-state index contributed by atoms with van der Waals surface area (Å²) in [6.45, 7) is 0.200. The van der Waals surface area contributed by atoms with E-state index in [1.54, 1.807) is 0 Å². The number of hydrogen-bond acceptors (Lipinski definition) is 2. The highest BCUT2D eigenvalue weighted by atomic mass is 35.5. The van der Waals surface area contributed by atoms with Crippen molar-refractivity contribution in [2.24, 2.45) is 5.73 Å². The van der Waals surface area contributed by atoms with Crippen LogP contribution < -0.4 is 5.73 Å². The summed E-state index contributed by atoms with van der Waals surface area (Å²) >= 11 is 0. The van der Waals surface area contributed by atoms with Crippen LogP contribution in [-0.2, 0) is 12.7 Å². The molecule has 0 aromatic carbocycles. The van der Waals surface area contributed by atoms with E-state index in [0.29, 0.717) is 5.56 Å². The lowest BCUT2D eigenvalue weighted by atomic mass is 10.2. The van der Waals surface area contributed by atoms with E-state index in [0.717, 1.165) is 12.3 Å². The van der Waals surface area contributed by atoms with Crippen LogP contribution in [0.3, 0.4) is 0 Å². The standard InChI is InChI=1S/C7H7F3N2.2ClH/c8-7(9,10)6-2-1-5(3-11)4-12-6;;/h1-2,4H,3,11H2;2*1H. The van der Waals surface area contributed by atoms with E-state index < -0.39 is 11.9 Å². The molecule has 0 atom stereocenters. The molecule has 0 unspecified atom stereocenters. The molecule has 7 heteroatoms. The summed E-state index contributed by atoms with van der Waals surface area (Å²) in [6, 6.07) is 2.23. The van der Waals surface area contributed by atoms with Crippen LogP contribution in [0.4, 0.5) is 13.2 Å². The molecule has 0 radical (unpaired) electrons. The van der Waals surface area contributed by atoms with Crippen molar-refractivity contribution in [1.29, 1.82) is 0 Å². The minimum absolute atomic E-state index is 0. The molecule has 1 heterocycles. The van der Waals surface area contributed by atoms with Crippen molar-refractivity contribution in [2.75, 3.05) is 0 Å². The quantitative estimate of drug-likeness (QED) is 0.829. The van der Waals surface area contributed by atoms with Gasteiger partial charge in [-0.05, 0) is 11.6 Å². The Labute approximate surface area is 91.5 Å². The van der Waals surface area contributed by atoms with Gasteiger partial charge in [0.1, 0.15) is 5.69 Å². The van der Waals surface area contributed by atoms with Gasteiger partial charge in [0.2, 0.25) is 0 Å². The number of alkyl halides is 3. The van der Waals surface area contributed by atoms with Gasteiger partial charge in [0, 0.05) is 12.7 Å². The molecule has 1 aromatic rings. The molecule has 1 aromatic heterocycles. The summed E-state index contributed by atoms with van der Waals surface area (Å²) in [7, 11) is 0. The van der Waals surface area contributed by atoms with Gasteiger partial charge in [-0.25, -0.2) is 0 Å². The fourth-order valence-electron chi connectivity index (χ4n) is 0.713. The van der Waals surface area contributed by atoms with Crippen molar-refractivity contribution in [3.05, 3.63) is 29.6 Å². The zero-order valence-electron chi connectivity index (χ0n) is 6.91. The van der Waals surface area contributed by atoms with Gasteiger partial charge < -0.3 is 5.73 Å². The molecule has 0 saturated heterocycles. The Kier molecular flexibility index (Phi) is 6.89. The van der Waals surface area contributed by atoms with E-state index in [4.69, 9.17) is 5.73 Å². The first kappa shape index (κ1) is 15.9. The molecule has 2 N–H and O–H groups in total. The highest BCUT2D eigenvalue weighted by molar-refractivity contribution is 5.85. The number of aromatic nitrogens is 1. The van der Waals surface area contributed by atoms with Crippen LogP contribution in [-0.4, -0.2) is 4.98 Å². The smallest absolute Gasteiger partial charge is 0.326 e. The lowest BCUT2D eigenvalue weighted by Gasteiger charge is -2.04. The third-order valence-electron chi connectivity index (χ3n) is 1.35. The van der Waals surface area contributed by atoms with Gasteiger partial charge in [-0.3, -0.25) is 4.98 Å². The Bertz CT molecular complexity index is 261. The minimum Gasteiger partial charge on any atom is -0.326 e. The van der Waals surface area contributed by atoms with Crippen LogP contribution in [0.2, 0.25) is 0 Å². The summed E-state index contributed by atoms with van der Waals surface area (Å²) in [5.41, 5.74) is 4.88. The maximum Gasteiger partial charge on any atom is 0.433 e. The minimum atomic E-state index is -4.37. The maximum atomic E-state index is 11.9. The predicted molar refractivity (Wildman–Crippen MR) is 51.6 cm³/mol. The van der Waals surface area contributed by atoms with Crippen LogP contribution in [0.15, 0.2) is 18.3 Å². The summed E-state index contributed by atoms with van der Waals surface area (Å²) in [5.74, 6) is 0. The highest BCUT2D eigenvalue weighted by Gasteiger charge is 2.31. The first-order valence-corrected chi connectivity index (χ1v) is 3.26. The van der Waals surface area contributed by atoms with Gasteiger partial charge in [0.15, 0.2) is 0 Å². The molecule has 0 aliphatic carbocycles. The Balaban J connectivity index is 0. The fraction of sp³-hybridized carbons (Fsp3) is 0.286. The van der Waals surface area contributed by atoms with Gasteiger partial charge >= 0.3 is 6.18 Å². The second-order valence-electron chi connectivity index (χ2n) is 2.25. The topological polar surface area (TPSA) is 38.9 Å². The molecule has 0 aliphatic heterocycles. The van der Waals surface area contributed by atoms with Crippen molar-refractivity contribution >= 4 is 24.8 Å². The van der Waals surface area contributed by atoms with Crippen LogP contribution in [0.25, 0.3) is 0 Å². The monoisotopic (exact) mass is 248 g/mol. The third kappa shape index (κ3) is 4.13. The number of nitrogens with zero attached hydrogens (tertiary/aromatic N) is 1. The third-order valence-corrected chi connectivity index (χ3v) is 1.35. The molecule has 0 spiro atoms. The van der Waals surface area contributed by atoms with Crippen molar-refractivity contribution in [3.8, 4) is 0 Å². The van der Waals surface area contributed by atoms with Gasteiger partial charge in [-0.1, -0.05) is 6.07 Å². The largest absolute Gasteiger partial charge is 0.433 e. The second-order valence-corrected chi connectivity index (χ2v) is 2.25. The first-order valence-electron chi connectivity index (χ1n) is 3.26. The first-order chi connectivity index (χ1) is 5.54. The summed E-state index contributed by atoms with van der Waals surface area (Å²) in [6.07, 6.45) is -3.24. The molecule has 1 rings (SSSR count). The Hall–Kier alpha value is -0.520. The molecular formula is C7H9Cl2F3N2. The Morgan fingerprint density at radius 1 is 1.21 bits per heavy atom. The van der Waals surface area contributed by atoms with Crippen LogP contribution in [0.1, 0.15) is 11.3 Å². The second kappa shape index (κ2) is 6.06. The molecule has 0 saturated carbocycles. The molecule has 0 amide bonds. The summed E-state index contributed by atoms with van der Waals surface area (Å²) in [5, 5.41) is 0. The fourth-order valence-corrected chi connectivity index (χ4v) is 0.713. The van der Waals surface area contributed by atoms with Crippen LogP contribution in [0, 0.1) is 0 Å². The highest BCUT2D eigenvalue weighted by Crippen LogP contribution is 2.26. The van der Waals surface area contributed by atoms with E-state index >= 15 is 0 Å². The normalized spacial score (nSPS) is 10.0. The van der Waals surface area contributed by atoms with Crippen molar-refractivity contribution < 1.29 is 13.2 Å². The Morgan fingerprint density at radius 3 is 2.07 bits per heavy atom. The zero-order valence-corrected chi connectivity index (χ0v) is 8.55. The molecule has 82 valence electrons. The molecule has 0 fully saturated rings. The lowest BCUT2D eigenvalue weighted by molar-refractivity contribution is -0.141. The van der Waals surface area contributed by atoms with Crippen molar-refractivity contribution in [3.63, 3.8) is 0 Å². The van der Waals surface area contributed by atoms with Crippen LogP contribution in [0.5, 0.6) is 0 Å². The maximum absolute atomic E-state index is 11.9. The average molecular weight is 249 g/mol. The number of pyridine rings is 1. The van der Waals surface area contributed by atoms with E-state index in [-0.39, 0.29) is 31.4 Å². The Morgan fingerprint density at radius 2 is 1.79 bits per heavy atom. The molecule has 0 bridgehead atoms. The molecule has 2 nitrogen and oxygen atoms in total. The van der Waals surface area contributed by atoms with E-state index in [9.17, 15) is 13.2 Å². The number of hydrogen-bond donors (Lipinski definition) is 1. The lowest BCUT2D eigenvalue weighted by Crippen LogP contribution is -2.08. The number of rotatable bonds is 1. The SMILES string of the molecule is Cl.Cl.NCc1ccc(C(F)(F)F)nc1. The van der Waals surface area contributed by atoms with Gasteiger partial charge in [0.25, 0.3) is 0 Å². The van der Waals surface area contributed by atoms with Gasteiger partial charge in [-0.2, -0.15) is 13.2 Å². The molecule has 0 aliphatic rings. The molecular weight excluding hydrogens is 240 g/mol. The van der Waals surface area contributed by atoms with E-state index in [1.165, 1.54) is 6.07 Å². The van der Waals surface area contributed by atoms with Gasteiger partial charge in [-0.15, -0.1) is 24.8 Å². The summed E-state index contributed by atoms with van der Waals surface area (Å²) < 4.78 is 35.8. The zero-order chi connectivity index (χ0) is 9.19. The van der Waals surface area contributed by atoms with Crippen LogP contribution >= 0.6 is 24.8 Å². The van der Waals surface area contributed by atoms with Gasteiger partial charge in [0.05, 0.1) is 0 Å². The molecule has 14 heavy (non-hydrogen) atoms. The predicted octanol–water partition coefficient (Wildman–Crippen LogP) is 2.40. The van der Waals surface area contributed by atoms with E-state index in [2.05, 4.69) is 4.98 Å². The van der Waals surface area contributed by atoms with Crippen molar-refractivity contribution in [1.82, 2.24) is 4.98 Å². The van der Waals surface area contributed by atoms with Crippen molar-refractivity contribution in [2.45, 2.75) is 12.7 Å². The summed E-state index contributed by atoms with van der Waals surface area (Å²) in [4.78, 5) is 3.22.